The molecule has 7 nitrogen and oxygen atoms in total. The highest BCUT2D eigenvalue weighted by atomic mass is 16.5. The normalized spacial score (nSPS) is 10.1. The molecule has 0 atom stereocenters. The first-order chi connectivity index (χ1) is 16.3. The summed E-state index contributed by atoms with van der Waals surface area (Å²) in [7, 11) is 4.51. The second-order valence-electron chi connectivity index (χ2n) is 7.66. The van der Waals surface area contributed by atoms with Gasteiger partial charge in [-0.15, -0.1) is 0 Å². The van der Waals surface area contributed by atoms with Gasteiger partial charge >= 0.3 is 0 Å². The van der Waals surface area contributed by atoms with Crippen LogP contribution in [0.25, 0.3) is 6.08 Å². The van der Waals surface area contributed by atoms with Crippen LogP contribution in [-0.4, -0.2) is 33.1 Å². The number of hydrogen-bond donors (Lipinski definition) is 2. The van der Waals surface area contributed by atoms with Crippen molar-refractivity contribution < 1.29 is 23.8 Å². The highest BCUT2D eigenvalue weighted by Crippen LogP contribution is 2.38. The first kappa shape index (κ1) is 24.4. The average molecular weight is 461 g/mol. The summed E-state index contributed by atoms with van der Waals surface area (Å²) in [5.41, 5.74) is 3.72. The molecule has 0 aliphatic heterocycles. The fourth-order valence-corrected chi connectivity index (χ4v) is 3.26. The summed E-state index contributed by atoms with van der Waals surface area (Å²) < 4.78 is 16.2. The van der Waals surface area contributed by atoms with E-state index in [2.05, 4.69) is 10.6 Å². The van der Waals surface area contributed by atoms with E-state index in [0.717, 1.165) is 11.1 Å². The van der Waals surface area contributed by atoms with Crippen molar-refractivity contribution in [1.82, 2.24) is 0 Å². The van der Waals surface area contributed by atoms with Gasteiger partial charge in [-0.3, -0.25) is 9.59 Å². The molecule has 0 saturated carbocycles. The SMILES string of the molecule is COc1cc(C=C(C(=O)Nc2ccc(C)cc2)C(=O)Nc2ccc(C)cc2)cc(OC)c1OC. The molecular weight excluding hydrogens is 432 g/mol. The lowest BCUT2D eigenvalue weighted by molar-refractivity contribution is -0.118. The Balaban J connectivity index is 2.01. The van der Waals surface area contributed by atoms with Gasteiger partial charge in [-0.05, 0) is 61.9 Å². The molecule has 0 spiro atoms. The maximum atomic E-state index is 13.2. The Labute approximate surface area is 199 Å². The number of carbonyl (C=O) groups is 2. The Morgan fingerprint density at radius 1 is 0.676 bits per heavy atom. The number of carbonyl (C=O) groups excluding carboxylic acids is 2. The molecule has 0 saturated heterocycles. The molecule has 2 N–H and O–H groups in total. The summed E-state index contributed by atoms with van der Waals surface area (Å²) in [6.07, 6.45) is 1.48. The molecule has 0 aliphatic carbocycles. The van der Waals surface area contributed by atoms with Gasteiger partial charge < -0.3 is 24.8 Å². The zero-order chi connectivity index (χ0) is 24.7. The summed E-state index contributed by atoms with van der Waals surface area (Å²) >= 11 is 0. The van der Waals surface area contributed by atoms with Crippen molar-refractivity contribution in [2.24, 2.45) is 0 Å². The number of aryl methyl sites for hydroxylation is 2. The second-order valence-corrected chi connectivity index (χ2v) is 7.66. The van der Waals surface area contributed by atoms with Crippen molar-refractivity contribution in [2.45, 2.75) is 13.8 Å². The zero-order valence-electron chi connectivity index (χ0n) is 19.9. The molecule has 2 amide bonds. The van der Waals surface area contributed by atoms with Crippen molar-refractivity contribution in [3.8, 4) is 17.2 Å². The van der Waals surface area contributed by atoms with E-state index in [1.807, 2.05) is 38.1 Å². The minimum absolute atomic E-state index is 0.0876. The topological polar surface area (TPSA) is 85.9 Å². The molecule has 0 radical (unpaired) electrons. The zero-order valence-corrected chi connectivity index (χ0v) is 19.9. The molecule has 0 aromatic heterocycles. The van der Waals surface area contributed by atoms with E-state index < -0.39 is 11.8 Å². The highest BCUT2D eigenvalue weighted by molar-refractivity contribution is 6.28. The van der Waals surface area contributed by atoms with E-state index in [-0.39, 0.29) is 5.57 Å². The lowest BCUT2D eigenvalue weighted by Gasteiger charge is -2.14. The van der Waals surface area contributed by atoms with Gasteiger partial charge in [0.15, 0.2) is 11.5 Å². The van der Waals surface area contributed by atoms with Crippen molar-refractivity contribution in [3.05, 3.63) is 82.9 Å². The summed E-state index contributed by atoms with van der Waals surface area (Å²) in [6, 6.07) is 18.0. The second kappa shape index (κ2) is 11.0. The van der Waals surface area contributed by atoms with Crippen LogP contribution < -0.4 is 24.8 Å². The minimum atomic E-state index is -0.554. The third-order valence-electron chi connectivity index (χ3n) is 5.11. The molecule has 0 fully saturated rings. The van der Waals surface area contributed by atoms with E-state index in [1.54, 1.807) is 36.4 Å². The predicted octanol–water partition coefficient (Wildman–Crippen LogP) is 4.99. The molecule has 7 heteroatoms. The fraction of sp³-hybridized carbons (Fsp3) is 0.185. The first-order valence-electron chi connectivity index (χ1n) is 10.6. The van der Waals surface area contributed by atoms with Crippen LogP contribution >= 0.6 is 0 Å². The molecule has 0 aliphatic rings. The summed E-state index contributed by atoms with van der Waals surface area (Å²) in [4.78, 5) is 26.4. The molecule has 0 bridgehead atoms. The molecule has 3 aromatic carbocycles. The highest BCUT2D eigenvalue weighted by Gasteiger charge is 2.21. The van der Waals surface area contributed by atoms with E-state index >= 15 is 0 Å². The van der Waals surface area contributed by atoms with Crippen LogP contribution in [0.1, 0.15) is 16.7 Å². The third kappa shape index (κ3) is 5.95. The molecule has 34 heavy (non-hydrogen) atoms. The molecule has 3 aromatic rings. The Morgan fingerprint density at radius 2 is 1.09 bits per heavy atom. The van der Waals surface area contributed by atoms with Crippen LogP contribution in [0.2, 0.25) is 0 Å². The van der Waals surface area contributed by atoms with Crippen LogP contribution in [0.4, 0.5) is 11.4 Å². The van der Waals surface area contributed by atoms with Crippen LogP contribution in [0.3, 0.4) is 0 Å². The van der Waals surface area contributed by atoms with Crippen molar-refractivity contribution >= 4 is 29.3 Å². The number of nitrogens with one attached hydrogen (secondary N) is 2. The van der Waals surface area contributed by atoms with Gasteiger partial charge in [-0.1, -0.05) is 35.4 Å². The average Bonchev–Trinajstić information content (AvgIpc) is 2.84. The number of anilines is 2. The Morgan fingerprint density at radius 3 is 1.44 bits per heavy atom. The summed E-state index contributed by atoms with van der Waals surface area (Å²) in [5, 5.41) is 5.58. The molecule has 176 valence electrons. The number of ether oxygens (including phenoxy) is 3. The lowest BCUT2D eigenvalue weighted by Crippen LogP contribution is -2.25. The van der Waals surface area contributed by atoms with Crippen LogP contribution in [-0.2, 0) is 9.59 Å². The van der Waals surface area contributed by atoms with Gasteiger partial charge in [0.25, 0.3) is 11.8 Å². The van der Waals surface area contributed by atoms with Gasteiger partial charge in [0.2, 0.25) is 5.75 Å². The largest absolute Gasteiger partial charge is 0.493 e. The van der Waals surface area contributed by atoms with Crippen LogP contribution in [0, 0.1) is 13.8 Å². The van der Waals surface area contributed by atoms with Gasteiger partial charge in [-0.2, -0.15) is 0 Å². The Kier molecular flexibility index (Phi) is 7.92. The van der Waals surface area contributed by atoms with Gasteiger partial charge in [0.05, 0.1) is 21.3 Å². The lowest BCUT2D eigenvalue weighted by atomic mass is 10.1. The number of benzene rings is 3. The molecular formula is C27H28N2O5. The smallest absolute Gasteiger partial charge is 0.261 e. The van der Waals surface area contributed by atoms with E-state index in [1.165, 1.54) is 27.4 Å². The maximum absolute atomic E-state index is 13.2. The minimum Gasteiger partial charge on any atom is -0.493 e. The van der Waals surface area contributed by atoms with E-state index in [9.17, 15) is 9.59 Å². The quantitative estimate of drug-likeness (QED) is 0.281. The van der Waals surface area contributed by atoms with Crippen molar-refractivity contribution in [2.75, 3.05) is 32.0 Å². The number of hydrogen-bond acceptors (Lipinski definition) is 5. The van der Waals surface area contributed by atoms with E-state index in [4.69, 9.17) is 14.2 Å². The number of methoxy groups -OCH3 is 3. The first-order valence-corrected chi connectivity index (χ1v) is 10.6. The Hall–Kier alpha value is -4.26. The standard InChI is InChI=1S/C27H28N2O5/c1-17-6-10-20(11-7-17)28-26(30)22(27(31)29-21-12-8-18(2)9-13-21)14-19-15-23(32-3)25(34-5)24(16-19)33-4/h6-16H,1-5H3,(H,28,30)(H,29,31). The van der Waals surface area contributed by atoms with Crippen molar-refractivity contribution in [3.63, 3.8) is 0 Å². The molecule has 0 unspecified atom stereocenters. The number of rotatable bonds is 8. The monoisotopic (exact) mass is 460 g/mol. The fourth-order valence-electron chi connectivity index (χ4n) is 3.26. The third-order valence-corrected chi connectivity index (χ3v) is 5.11. The Bertz CT molecular complexity index is 1110. The van der Waals surface area contributed by atoms with Gasteiger partial charge in [0.1, 0.15) is 5.57 Å². The van der Waals surface area contributed by atoms with Crippen LogP contribution in [0.5, 0.6) is 17.2 Å². The molecule has 0 heterocycles. The summed E-state index contributed by atoms with van der Waals surface area (Å²) in [6.45, 7) is 3.91. The van der Waals surface area contributed by atoms with Crippen LogP contribution in [0.15, 0.2) is 66.2 Å². The number of amides is 2. The van der Waals surface area contributed by atoms with Gasteiger partial charge in [0, 0.05) is 11.4 Å². The van der Waals surface area contributed by atoms with E-state index in [0.29, 0.717) is 34.2 Å². The van der Waals surface area contributed by atoms with Crippen molar-refractivity contribution in [1.29, 1.82) is 0 Å². The summed E-state index contributed by atoms with van der Waals surface area (Å²) in [5.74, 6) is 0.122. The maximum Gasteiger partial charge on any atom is 0.261 e. The molecule has 3 rings (SSSR count). The predicted molar refractivity (Wildman–Crippen MR) is 134 cm³/mol. The van der Waals surface area contributed by atoms with Gasteiger partial charge in [-0.25, -0.2) is 0 Å².